The molecule has 3 aromatic rings. The lowest BCUT2D eigenvalue weighted by atomic mass is 10.2. The van der Waals surface area contributed by atoms with Crippen molar-refractivity contribution in [3.63, 3.8) is 0 Å². The van der Waals surface area contributed by atoms with Gasteiger partial charge in [-0.05, 0) is 36.4 Å². The van der Waals surface area contributed by atoms with Gasteiger partial charge in [-0.1, -0.05) is 17.7 Å². The number of ether oxygens (including phenoxy) is 1. The fraction of sp³-hybridized carbons (Fsp3) is 0.273. The van der Waals surface area contributed by atoms with Gasteiger partial charge in [0.25, 0.3) is 0 Å². The molecular formula is C22H22ClFN4O3. The summed E-state index contributed by atoms with van der Waals surface area (Å²) in [6, 6.07) is 11.6. The molecule has 0 bridgehead atoms. The lowest BCUT2D eigenvalue weighted by Gasteiger charge is -2.35. The smallest absolute Gasteiger partial charge is 0.356 e. The molecule has 162 valence electrons. The third kappa shape index (κ3) is 4.50. The standard InChI is InChI=1S/C22H22ClFN4O3/c1-31-22(30)21-20(19-16(23)3-2-4-17(19)25-21)26-18(29)13-27-9-11-28(12-10-27)15-7-5-14(24)6-8-15/h2-8,25H,9-13H2,1H3,(H,26,29). The lowest BCUT2D eigenvalue weighted by Crippen LogP contribution is -2.48. The van der Waals surface area contributed by atoms with Crippen molar-refractivity contribution in [2.45, 2.75) is 0 Å². The number of aromatic amines is 1. The predicted octanol–water partition coefficient (Wildman–Crippen LogP) is 3.51. The third-order valence-electron chi connectivity index (χ3n) is 5.36. The van der Waals surface area contributed by atoms with E-state index in [-0.39, 0.29) is 24.0 Å². The average Bonchev–Trinajstić information content (AvgIpc) is 3.14. The number of hydrogen-bond donors (Lipinski definition) is 2. The van der Waals surface area contributed by atoms with E-state index in [1.54, 1.807) is 30.3 Å². The molecular weight excluding hydrogens is 423 g/mol. The molecule has 0 atom stereocenters. The predicted molar refractivity (Wildman–Crippen MR) is 118 cm³/mol. The fourth-order valence-electron chi connectivity index (χ4n) is 3.78. The second-order valence-electron chi connectivity index (χ2n) is 7.32. The van der Waals surface area contributed by atoms with E-state index >= 15 is 0 Å². The molecule has 2 aromatic carbocycles. The molecule has 1 aliphatic heterocycles. The monoisotopic (exact) mass is 444 g/mol. The zero-order valence-corrected chi connectivity index (χ0v) is 17.7. The maximum atomic E-state index is 13.1. The van der Waals surface area contributed by atoms with Crippen molar-refractivity contribution in [3.05, 3.63) is 59.0 Å². The summed E-state index contributed by atoms with van der Waals surface area (Å²) in [5.41, 5.74) is 2.07. The van der Waals surface area contributed by atoms with Crippen LogP contribution in [0, 0.1) is 5.82 Å². The number of anilines is 2. The summed E-state index contributed by atoms with van der Waals surface area (Å²) in [5, 5.41) is 3.83. The molecule has 0 spiro atoms. The number of piperazine rings is 1. The van der Waals surface area contributed by atoms with Crippen molar-refractivity contribution in [2.75, 3.05) is 50.1 Å². The molecule has 2 N–H and O–H groups in total. The largest absolute Gasteiger partial charge is 0.464 e. The van der Waals surface area contributed by atoms with E-state index in [4.69, 9.17) is 16.3 Å². The van der Waals surface area contributed by atoms with E-state index in [9.17, 15) is 14.0 Å². The number of carbonyl (C=O) groups excluding carboxylic acids is 2. The number of methoxy groups -OCH3 is 1. The van der Waals surface area contributed by atoms with Gasteiger partial charge in [-0.3, -0.25) is 9.69 Å². The minimum absolute atomic E-state index is 0.153. The number of hydrogen-bond acceptors (Lipinski definition) is 5. The van der Waals surface area contributed by atoms with Gasteiger partial charge in [-0.2, -0.15) is 0 Å². The first kappa shape index (κ1) is 21.1. The fourth-order valence-corrected chi connectivity index (χ4v) is 4.05. The van der Waals surface area contributed by atoms with Gasteiger partial charge in [0.2, 0.25) is 5.91 Å². The van der Waals surface area contributed by atoms with Crippen LogP contribution in [0.2, 0.25) is 5.02 Å². The van der Waals surface area contributed by atoms with Crippen LogP contribution in [-0.2, 0) is 9.53 Å². The Morgan fingerprint density at radius 3 is 2.52 bits per heavy atom. The number of H-pyrrole nitrogens is 1. The van der Waals surface area contributed by atoms with E-state index in [1.165, 1.54) is 19.2 Å². The minimum atomic E-state index is -0.588. The van der Waals surface area contributed by atoms with Gasteiger partial charge < -0.3 is 19.9 Å². The quantitative estimate of drug-likeness (QED) is 0.589. The van der Waals surface area contributed by atoms with Crippen molar-refractivity contribution < 1.29 is 18.7 Å². The van der Waals surface area contributed by atoms with Gasteiger partial charge in [-0.15, -0.1) is 0 Å². The highest BCUT2D eigenvalue weighted by Gasteiger charge is 2.24. The molecule has 9 heteroatoms. The van der Waals surface area contributed by atoms with E-state index in [0.717, 1.165) is 18.8 Å². The van der Waals surface area contributed by atoms with Crippen LogP contribution < -0.4 is 10.2 Å². The zero-order chi connectivity index (χ0) is 22.0. The SMILES string of the molecule is COC(=O)c1[nH]c2cccc(Cl)c2c1NC(=O)CN1CCN(c2ccc(F)cc2)CC1. The van der Waals surface area contributed by atoms with Gasteiger partial charge in [-0.25, -0.2) is 9.18 Å². The third-order valence-corrected chi connectivity index (χ3v) is 5.67. The van der Waals surface area contributed by atoms with Crippen LogP contribution in [0.25, 0.3) is 10.9 Å². The number of nitrogens with zero attached hydrogens (tertiary/aromatic N) is 2. The summed E-state index contributed by atoms with van der Waals surface area (Å²) < 4.78 is 18.0. The Morgan fingerprint density at radius 2 is 1.84 bits per heavy atom. The molecule has 1 amide bonds. The highest BCUT2D eigenvalue weighted by Crippen LogP contribution is 2.34. The van der Waals surface area contributed by atoms with E-state index < -0.39 is 5.97 Å². The van der Waals surface area contributed by atoms with Crippen LogP contribution >= 0.6 is 11.6 Å². The molecule has 1 fully saturated rings. The maximum Gasteiger partial charge on any atom is 0.356 e. The van der Waals surface area contributed by atoms with Crippen molar-refractivity contribution >= 4 is 45.8 Å². The number of aromatic nitrogens is 1. The Kier molecular flexibility index (Phi) is 6.11. The summed E-state index contributed by atoms with van der Waals surface area (Å²) in [6.45, 7) is 3.00. The molecule has 0 unspecified atom stereocenters. The average molecular weight is 445 g/mol. The highest BCUT2D eigenvalue weighted by molar-refractivity contribution is 6.37. The number of benzene rings is 2. The van der Waals surface area contributed by atoms with Crippen LogP contribution in [-0.4, -0.2) is 61.6 Å². The molecule has 4 rings (SSSR count). The van der Waals surface area contributed by atoms with E-state index in [2.05, 4.69) is 15.2 Å². The van der Waals surface area contributed by atoms with Crippen LogP contribution in [0.1, 0.15) is 10.5 Å². The van der Waals surface area contributed by atoms with E-state index in [0.29, 0.717) is 34.7 Å². The number of esters is 1. The van der Waals surface area contributed by atoms with Gasteiger partial charge >= 0.3 is 5.97 Å². The van der Waals surface area contributed by atoms with Gasteiger partial charge in [0.15, 0.2) is 0 Å². The molecule has 0 radical (unpaired) electrons. The summed E-state index contributed by atoms with van der Waals surface area (Å²) in [5.74, 6) is -1.10. The van der Waals surface area contributed by atoms with Crippen molar-refractivity contribution in [3.8, 4) is 0 Å². The van der Waals surface area contributed by atoms with Crippen molar-refractivity contribution in [1.29, 1.82) is 0 Å². The molecule has 1 aromatic heterocycles. The van der Waals surface area contributed by atoms with Crippen LogP contribution in [0.3, 0.4) is 0 Å². The molecule has 0 aliphatic carbocycles. The Balaban J connectivity index is 1.43. The summed E-state index contributed by atoms with van der Waals surface area (Å²) in [4.78, 5) is 32.1. The highest BCUT2D eigenvalue weighted by atomic mass is 35.5. The van der Waals surface area contributed by atoms with Crippen LogP contribution in [0.4, 0.5) is 15.8 Å². The number of nitrogens with one attached hydrogen (secondary N) is 2. The lowest BCUT2D eigenvalue weighted by molar-refractivity contribution is -0.117. The molecule has 1 aliphatic rings. The van der Waals surface area contributed by atoms with Crippen molar-refractivity contribution in [1.82, 2.24) is 9.88 Å². The maximum absolute atomic E-state index is 13.1. The zero-order valence-electron chi connectivity index (χ0n) is 17.0. The molecule has 1 saturated heterocycles. The number of rotatable bonds is 5. The van der Waals surface area contributed by atoms with Gasteiger partial charge in [0.1, 0.15) is 11.5 Å². The number of fused-ring (bicyclic) bond motifs is 1. The summed E-state index contributed by atoms with van der Waals surface area (Å²) in [6.07, 6.45) is 0. The normalized spacial score (nSPS) is 14.6. The van der Waals surface area contributed by atoms with Gasteiger partial charge in [0.05, 0.1) is 24.4 Å². The number of halogens is 2. The van der Waals surface area contributed by atoms with Crippen LogP contribution in [0.15, 0.2) is 42.5 Å². The summed E-state index contributed by atoms with van der Waals surface area (Å²) in [7, 11) is 1.28. The molecule has 2 heterocycles. The Hall–Kier alpha value is -3.10. The number of carbonyl (C=O) groups is 2. The molecule has 7 nitrogen and oxygen atoms in total. The second-order valence-corrected chi connectivity index (χ2v) is 7.72. The topological polar surface area (TPSA) is 77.7 Å². The molecule has 0 saturated carbocycles. The molecule has 31 heavy (non-hydrogen) atoms. The first-order chi connectivity index (χ1) is 15.0. The van der Waals surface area contributed by atoms with Crippen LogP contribution in [0.5, 0.6) is 0 Å². The second kappa shape index (κ2) is 8.95. The Labute approximate surface area is 183 Å². The first-order valence-electron chi connectivity index (χ1n) is 9.87. The Bertz CT molecular complexity index is 1110. The van der Waals surface area contributed by atoms with Crippen molar-refractivity contribution in [2.24, 2.45) is 0 Å². The summed E-state index contributed by atoms with van der Waals surface area (Å²) >= 11 is 6.32. The Morgan fingerprint density at radius 1 is 1.13 bits per heavy atom. The van der Waals surface area contributed by atoms with Gasteiger partial charge in [0, 0.05) is 42.8 Å². The number of amides is 1. The first-order valence-corrected chi connectivity index (χ1v) is 10.3. The minimum Gasteiger partial charge on any atom is -0.464 e. The van der Waals surface area contributed by atoms with E-state index in [1.807, 2.05) is 4.90 Å².